The van der Waals surface area contributed by atoms with Gasteiger partial charge in [-0.25, -0.2) is 0 Å². The maximum atomic E-state index is 13.2. The number of hydrogen-bond donors (Lipinski definition) is 0. The summed E-state index contributed by atoms with van der Waals surface area (Å²) in [6, 6.07) is 5.26. The molecule has 1 saturated heterocycles. The van der Waals surface area contributed by atoms with Crippen molar-refractivity contribution < 1.29 is 27.2 Å². The van der Waals surface area contributed by atoms with E-state index in [1.165, 1.54) is 6.26 Å². The Bertz CT molecular complexity index is 1290. The fourth-order valence-electron chi connectivity index (χ4n) is 4.78. The number of aryl methyl sites for hydroxylation is 1. The minimum atomic E-state index is -4.48. The van der Waals surface area contributed by atoms with Crippen LogP contribution >= 0.6 is 23.2 Å². The van der Waals surface area contributed by atoms with E-state index >= 15 is 0 Å². The summed E-state index contributed by atoms with van der Waals surface area (Å²) in [5.41, 5.74) is 1.23. The molecule has 0 aliphatic carbocycles. The van der Waals surface area contributed by atoms with Crippen molar-refractivity contribution in [3.8, 4) is 0 Å². The van der Waals surface area contributed by atoms with Gasteiger partial charge in [-0.05, 0) is 68.0 Å². The zero-order valence-electron chi connectivity index (χ0n) is 19.3. The van der Waals surface area contributed by atoms with Gasteiger partial charge in [0.05, 0.1) is 22.4 Å². The van der Waals surface area contributed by atoms with Gasteiger partial charge in [-0.2, -0.15) is 13.2 Å². The first-order valence-electron chi connectivity index (χ1n) is 11.3. The van der Waals surface area contributed by atoms with Crippen molar-refractivity contribution in [2.75, 3.05) is 13.1 Å². The molecule has 35 heavy (non-hydrogen) atoms. The van der Waals surface area contributed by atoms with E-state index in [1.807, 2.05) is 0 Å². The molecule has 1 amide bonds. The highest BCUT2D eigenvalue weighted by Gasteiger charge is 2.32. The van der Waals surface area contributed by atoms with Crippen molar-refractivity contribution in [2.45, 2.75) is 45.7 Å². The van der Waals surface area contributed by atoms with E-state index in [2.05, 4.69) is 0 Å². The lowest BCUT2D eigenvalue weighted by Gasteiger charge is -2.32. The molecule has 0 unspecified atom stereocenters. The van der Waals surface area contributed by atoms with E-state index in [9.17, 15) is 22.8 Å². The molecule has 9 heteroatoms. The maximum Gasteiger partial charge on any atom is 0.416 e. The molecule has 4 nitrogen and oxygen atoms in total. The zero-order valence-corrected chi connectivity index (χ0v) is 20.8. The van der Waals surface area contributed by atoms with Crippen LogP contribution in [-0.2, 0) is 17.4 Å². The predicted molar refractivity (Wildman–Crippen MR) is 129 cm³/mol. The van der Waals surface area contributed by atoms with Gasteiger partial charge in [-0.1, -0.05) is 23.2 Å². The number of alkyl halides is 3. The van der Waals surface area contributed by atoms with Gasteiger partial charge in [0.15, 0.2) is 0 Å². The number of piperidine rings is 1. The molecule has 4 rings (SSSR count). The van der Waals surface area contributed by atoms with Gasteiger partial charge in [0.2, 0.25) is 0 Å². The minimum absolute atomic E-state index is 0.125. The topological polar surface area (TPSA) is 50.5 Å². The molecule has 2 heterocycles. The Labute approximate surface area is 211 Å². The average Bonchev–Trinajstić information content (AvgIpc) is 3.19. The van der Waals surface area contributed by atoms with Crippen molar-refractivity contribution in [2.24, 2.45) is 5.92 Å². The van der Waals surface area contributed by atoms with Crippen LogP contribution in [0.3, 0.4) is 0 Å². The zero-order chi connectivity index (χ0) is 25.5. The number of fused-ring (bicyclic) bond motifs is 1. The van der Waals surface area contributed by atoms with Crippen molar-refractivity contribution in [3.05, 3.63) is 68.4 Å². The average molecular weight is 526 g/mol. The summed E-state index contributed by atoms with van der Waals surface area (Å²) in [5.74, 6) is 0.220. The van der Waals surface area contributed by atoms with Crippen LogP contribution in [0.4, 0.5) is 13.2 Å². The van der Waals surface area contributed by atoms with Crippen molar-refractivity contribution >= 4 is 45.9 Å². The third-order valence-electron chi connectivity index (χ3n) is 6.54. The lowest BCUT2D eigenvalue weighted by Crippen LogP contribution is -2.39. The van der Waals surface area contributed by atoms with E-state index in [0.717, 1.165) is 25.0 Å². The first-order chi connectivity index (χ1) is 16.5. The third-order valence-corrected chi connectivity index (χ3v) is 7.32. The number of carbonyl (C=O) groups excluding carboxylic acids is 2. The lowest BCUT2D eigenvalue weighted by molar-refractivity contribution is -0.137. The number of hydrogen-bond acceptors (Lipinski definition) is 3. The quantitative estimate of drug-likeness (QED) is 0.346. The summed E-state index contributed by atoms with van der Waals surface area (Å²) in [6.07, 6.45) is -0.852. The number of amides is 1. The van der Waals surface area contributed by atoms with Crippen LogP contribution in [0.25, 0.3) is 11.0 Å². The van der Waals surface area contributed by atoms with E-state index in [4.69, 9.17) is 27.6 Å². The number of benzene rings is 2. The minimum Gasteiger partial charge on any atom is -0.464 e. The van der Waals surface area contributed by atoms with Gasteiger partial charge in [0.1, 0.15) is 11.4 Å². The number of ketones is 1. The molecule has 3 aromatic rings. The third kappa shape index (κ3) is 5.36. The fourth-order valence-corrected chi connectivity index (χ4v) is 5.36. The Hall–Kier alpha value is -2.51. The van der Waals surface area contributed by atoms with Gasteiger partial charge in [0.25, 0.3) is 5.91 Å². The molecule has 0 atom stereocenters. The predicted octanol–water partition coefficient (Wildman–Crippen LogP) is 7.49. The Balaban J connectivity index is 1.60. The van der Waals surface area contributed by atoms with E-state index in [-0.39, 0.29) is 34.6 Å². The summed E-state index contributed by atoms with van der Waals surface area (Å²) in [6.45, 7) is 4.25. The number of nitrogens with zero attached hydrogens (tertiary/aromatic N) is 1. The molecule has 0 radical (unpaired) electrons. The van der Waals surface area contributed by atoms with Crippen LogP contribution in [-0.4, -0.2) is 29.7 Å². The SMILES string of the molecule is CC(=O)CC1CCN(C(=O)c2ccc(Cl)c(Cc3coc4cc(C(F)(F)F)cc(C)c34)c2Cl)CC1. The molecular weight excluding hydrogens is 502 g/mol. The molecule has 1 aliphatic rings. The summed E-state index contributed by atoms with van der Waals surface area (Å²) < 4.78 is 45.0. The number of likely N-dealkylation sites (tertiary alicyclic amines) is 1. The molecule has 0 spiro atoms. The second-order valence-electron chi connectivity index (χ2n) is 9.13. The van der Waals surface area contributed by atoms with Crippen LogP contribution in [0.1, 0.15) is 58.8 Å². The van der Waals surface area contributed by atoms with Crippen LogP contribution in [0.15, 0.2) is 34.9 Å². The first kappa shape index (κ1) is 25.6. The van der Waals surface area contributed by atoms with E-state index < -0.39 is 11.7 Å². The number of furan rings is 1. The normalized spacial score (nSPS) is 15.1. The standard InChI is InChI=1S/C26H24Cl2F3NO3/c1-14-9-18(26(29,30)31)12-22-23(14)17(13-35-22)11-20-21(27)4-3-19(24(20)28)25(34)32-7-5-16(6-8-32)10-15(2)33/h3-4,9,12-13,16H,5-8,10-11H2,1-2H3. The Morgan fingerprint density at radius 3 is 2.46 bits per heavy atom. The molecular formula is C26H24Cl2F3NO3. The smallest absolute Gasteiger partial charge is 0.416 e. The van der Waals surface area contributed by atoms with Gasteiger partial charge in [-0.3, -0.25) is 4.79 Å². The Morgan fingerprint density at radius 1 is 1.14 bits per heavy atom. The Kier molecular flexibility index (Phi) is 7.21. The highest BCUT2D eigenvalue weighted by Crippen LogP contribution is 2.38. The molecule has 1 aromatic heterocycles. The van der Waals surface area contributed by atoms with Crippen molar-refractivity contribution in [1.29, 1.82) is 0 Å². The number of rotatable bonds is 5. The second kappa shape index (κ2) is 9.86. The van der Waals surface area contributed by atoms with Gasteiger partial charge in [0, 0.05) is 41.9 Å². The summed E-state index contributed by atoms with van der Waals surface area (Å²) >= 11 is 13.1. The van der Waals surface area contributed by atoms with E-state index in [0.29, 0.717) is 52.2 Å². The van der Waals surface area contributed by atoms with Crippen LogP contribution in [0.5, 0.6) is 0 Å². The molecule has 2 aromatic carbocycles. The van der Waals surface area contributed by atoms with Crippen LogP contribution in [0, 0.1) is 12.8 Å². The van der Waals surface area contributed by atoms with Gasteiger partial charge in [-0.15, -0.1) is 0 Å². The number of carbonyl (C=O) groups is 2. The van der Waals surface area contributed by atoms with Crippen LogP contribution in [0.2, 0.25) is 10.0 Å². The number of halogens is 5. The molecule has 0 N–H and O–H groups in total. The largest absolute Gasteiger partial charge is 0.464 e. The van der Waals surface area contributed by atoms with Crippen LogP contribution < -0.4 is 0 Å². The highest BCUT2D eigenvalue weighted by molar-refractivity contribution is 6.38. The summed E-state index contributed by atoms with van der Waals surface area (Å²) in [5, 5.41) is 1.13. The first-order valence-corrected chi connectivity index (χ1v) is 12.0. The van der Waals surface area contributed by atoms with E-state index in [1.54, 1.807) is 30.9 Å². The highest BCUT2D eigenvalue weighted by atomic mass is 35.5. The monoisotopic (exact) mass is 525 g/mol. The Morgan fingerprint density at radius 2 is 1.83 bits per heavy atom. The molecule has 1 aliphatic heterocycles. The lowest BCUT2D eigenvalue weighted by atomic mass is 9.91. The summed E-state index contributed by atoms with van der Waals surface area (Å²) in [7, 11) is 0. The van der Waals surface area contributed by atoms with Crippen molar-refractivity contribution in [1.82, 2.24) is 4.90 Å². The number of Topliss-reactive ketones (excluding diaryl/α,β-unsaturated/α-hetero) is 1. The fraction of sp³-hybridized carbons (Fsp3) is 0.385. The van der Waals surface area contributed by atoms with Gasteiger partial charge < -0.3 is 14.1 Å². The molecule has 0 saturated carbocycles. The summed E-state index contributed by atoms with van der Waals surface area (Å²) in [4.78, 5) is 26.3. The maximum absolute atomic E-state index is 13.2. The van der Waals surface area contributed by atoms with Gasteiger partial charge >= 0.3 is 6.18 Å². The van der Waals surface area contributed by atoms with Crippen molar-refractivity contribution in [3.63, 3.8) is 0 Å². The molecule has 186 valence electrons. The molecule has 1 fully saturated rings. The molecule has 0 bridgehead atoms. The second-order valence-corrected chi connectivity index (χ2v) is 9.92.